The van der Waals surface area contributed by atoms with Gasteiger partial charge in [0.2, 0.25) is 0 Å². The molecule has 9 aromatic rings. The quantitative estimate of drug-likeness (QED) is 0.186. The zero-order valence-electron chi connectivity index (χ0n) is 27.3. The Morgan fingerprint density at radius 2 is 0.980 bits per heavy atom. The van der Waals surface area contributed by atoms with Gasteiger partial charge >= 0.3 is 0 Å². The standard InChI is InChI=1S/C48H31NO/c1-3-18-40-32(11-1)13-8-21-41(40)34-25-27-38(28-26-34)49(45-22-9-14-33-12-2-4-19-42(33)45)39-17-7-15-35(30-39)37-29-36-16-10-24-47-48(36)44(31-37)43-20-5-6-23-46(43)50-47/h1-31H. The van der Waals surface area contributed by atoms with Gasteiger partial charge < -0.3 is 9.64 Å². The molecule has 234 valence electrons. The number of fused-ring (bicyclic) bond motifs is 4. The van der Waals surface area contributed by atoms with Crippen LogP contribution >= 0.6 is 0 Å². The van der Waals surface area contributed by atoms with Crippen molar-refractivity contribution in [2.75, 3.05) is 4.90 Å². The number of hydrogen-bond acceptors (Lipinski definition) is 2. The van der Waals surface area contributed by atoms with Crippen molar-refractivity contribution in [1.29, 1.82) is 0 Å². The fraction of sp³-hybridized carbons (Fsp3) is 0. The summed E-state index contributed by atoms with van der Waals surface area (Å²) in [5.74, 6) is 1.80. The average Bonchev–Trinajstić information content (AvgIpc) is 3.18. The lowest BCUT2D eigenvalue weighted by atomic mass is 9.90. The first kappa shape index (κ1) is 28.4. The van der Waals surface area contributed by atoms with Crippen LogP contribution in [-0.2, 0) is 0 Å². The first-order valence-electron chi connectivity index (χ1n) is 17.1. The minimum Gasteiger partial charge on any atom is -0.456 e. The van der Waals surface area contributed by atoms with Gasteiger partial charge in [-0.2, -0.15) is 0 Å². The van der Waals surface area contributed by atoms with Crippen LogP contribution in [0.4, 0.5) is 17.1 Å². The van der Waals surface area contributed by atoms with Gasteiger partial charge in [-0.3, -0.25) is 0 Å². The Balaban J connectivity index is 1.14. The van der Waals surface area contributed by atoms with E-state index in [-0.39, 0.29) is 0 Å². The maximum atomic E-state index is 6.33. The number of para-hydroxylation sites is 1. The summed E-state index contributed by atoms with van der Waals surface area (Å²) in [7, 11) is 0. The van der Waals surface area contributed by atoms with Crippen LogP contribution in [0.5, 0.6) is 11.5 Å². The van der Waals surface area contributed by atoms with E-state index in [1.165, 1.54) is 49.2 Å². The molecule has 0 unspecified atom stereocenters. The van der Waals surface area contributed by atoms with Gasteiger partial charge in [0.15, 0.2) is 0 Å². The molecular formula is C48H31NO. The first-order valence-corrected chi connectivity index (χ1v) is 17.1. The van der Waals surface area contributed by atoms with Crippen LogP contribution in [0.15, 0.2) is 188 Å². The van der Waals surface area contributed by atoms with Crippen LogP contribution in [-0.4, -0.2) is 0 Å². The first-order chi connectivity index (χ1) is 24.8. The van der Waals surface area contributed by atoms with Crippen molar-refractivity contribution in [3.8, 4) is 44.9 Å². The van der Waals surface area contributed by atoms with Gasteiger partial charge in [0, 0.05) is 27.7 Å². The summed E-state index contributed by atoms with van der Waals surface area (Å²) in [4.78, 5) is 2.39. The predicted molar refractivity (Wildman–Crippen MR) is 210 cm³/mol. The van der Waals surface area contributed by atoms with E-state index < -0.39 is 0 Å². The molecule has 2 heteroatoms. The van der Waals surface area contributed by atoms with E-state index in [0.29, 0.717) is 0 Å². The van der Waals surface area contributed by atoms with Crippen molar-refractivity contribution in [2.45, 2.75) is 0 Å². The Hall–Kier alpha value is -6.64. The van der Waals surface area contributed by atoms with Crippen molar-refractivity contribution >= 4 is 49.4 Å². The van der Waals surface area contributed by atoms with Crippen molar-refractivity contribution < 1.29 is 4.74 Å². The van der Waals surface area contributed by atoms with Gasteiger partial charge in [-0.05, 0) is 104 Å². The van der Waals surface area contributed by atoms with Crippen LogP contribution in [0.3, 0.4) is 0 Å². The van der Waals surface area contributed by atoms with Crippen LogP contribution in [0.2, 0.25) is 0 Å². The third kappa shape index (κ3) is 4.65. The smallest absolute Gasteiger partial charge is 0.135 e. The number of benzene rings is 9. The molecule has 50 heavy (non-hydrogen) atoms. The predicted octanol–water partition coefficient (Wildman–Crippen LogP) is 13.7. The molecule has 0 aliphatic carbocycles. The van der Waals surface area contributed by atoms with Crippen LogP contribution in [0, 0.1) is 0 Å². The van der Waals surface area contributed by atoms with E-state index in [4.69, 9.17) is 4.74 Å². The molecule has 0 amide bonds. The number of nitrogens with zero attached hydrogens (tertiary/aromatic N) is 1. The summed E-state index contributed by atoms with van der Waals surface area (Å²) in [6, 6.07) is 67.6. The molecule has 0 saturated carbocycles. The molecule has 0 N–H and O–H groups in total. The van der Waals surface area contributed by atoms with E-state index in [1.807, 2.05) is 6.07 Å². The molecule has 9 aromatic carbocycles. The molecule has 0 spiro atoms. The maximum absolute atomic E-state index is 6.33. The molecule has 0 bridgehead atoms. The largest absolute Gasteiger partial charge is 0.456 e. The van der Waals surface area contributed by atoms with E-state index in [1.54, 1.807) is 0 Å². The lowest BCUT2D eigenvalue weighted by Gasteiger charge is -2.28. The SMILES string of the molecule is c1cc(-c2cc3c4c(cccc4c2)Oc2ccccc2-3)cc(N(c2ccc(-c3cccc4ccccc34)cc2)c2cccc3ccccc23)c1. The van der Waals surface area contributed by atoms with Crippen molar-refractivity contribution in [3.63, 3.8) is 0 Å². The van der Waals surface area contributed by atoms with Crippen LogP contribution < -0.4 is 9.64 Å². The lowest BCUT2D eigenvalue weighted by Crippen LogP contribution is -2.10. The molecule has 0 fully saturated rings. The molecule has 0 radical (unpaired) electrons. The Bertz CT molecular complexity index is 2730. The minimum absolute atomic E-state index is 0.896. The second kappa shape index (κ2) is 11.5. The Morgan fingerprint density at radius 1 is 0.340 bits per heavy atom. The minimum atomic E-state index is 0.896. The summed E-state index contributed by atoms with van der Waals surface area (Å²) in [5, 5.41) is 7.26. The highest BCUT2D eigenvalue weighted by Crippen LogP contribution is 2.48. The van der Waals surface area contributed by atoms with E-state index >= 15 is 0 Å². The Labute approximate surface area is 291 Å². The monoisotopic (exact) mass is 637 g/mol. The molecule has 0 atom stereocenters. The summed E-state index contributed by atoms with van der Waals surface area (Å²) < 4.78 is 6.33. The Kier molecular flexibility index (Phi) is 6.53. The zero-order chi connectivity index (χ0) is 33.0. The third-order valence-electron chi connectivity index (χ3n) is 10.0. The number of hydrogen-bond donors (Lipinski definition) is 0. The molecule has 1 aliphatic rings. The highest BCUT2D eigenvalue weighted by atomic mass is 16.5. The number of ether oxygens (including phenoxy) is 1. The second-order valence-corrected chi connectivity index (χ2v) is 12.9. The second-order valence-electron chi connectivity index (χ2n) is 12.9. The molecular weight excluding hydrogens is 607 g/mol. The number of rotatable bonds is 5. The van der Waals surface area contributed by atoms with Crippen molar-refractivity contribution in [1.82, 2.24) is 0 Å². The maximum Gasteiger partial charge on any atom is 0.135 e. The summed E-state index contributed by atoms with van der Waals surface area (Å²) >= 11 is 0. The lowest BCUT2D eigenvalue weighted by molar-refractivity contribution is 0.487. The molecule has 2 nitrogen and oxygen atoms in total. The van der Waals surface area contributed by atoms with Gasteiger partial charge in [0.25, 0.3) is 0 Å². The van der Waals surface area contributed by atoms with Crippen LogP contribution in [0.1, 0.15) is 0 Å². The average molecular weight is 638 g/mol. The van der Waals surface area contributed by atoms with E-state index in [0.717, 1.165) is 45.1 Å². The summed E-state index contributed by atoms with van der Waals surface area (Å²) in [6.07, 6.45) is 0. The van der Waals surface area contributed by atoms with Crippen LogP contribution in [0.25, 0.3) is 65.7 Å². The summed E-state index contributed by atoms with van der Waals surface area (Å²) in [5.41, 5.74) is 10.4. The highest BCUT2D eigenvalue weighted by molar-refractivity contribution is 6.07. The number of anilines is 3. The molecule has 0 saturated heterocycles. The fourth-order valence-corrected chi connectivity index (χ4v) is 7.68. The van der Waals surface area contributed by atoms with Gasteiger partial charge in [-0.15, -0.1) is 0 Å². The van der Waals surface area contributed by atoms with Crippen molar-refractivity contribution in [2.24, 2.45) is 0 Å². The zero-order valence-corrected chi connectivity index (χ0v) is 27.3. The highest BCUT2D eigenvalue weighted by Gasteiger charge is 2.21. The fourth-order valence-electron chi connectivity index (χ4n) is 7.68. The van der Waals surface area contributed by atoms with Gasteiger partial charge in [0.05, 0.1) is 5.69 Å². The van der Waals surface area contributed by atoms with Gasteiger partial charge in [-0.25, -0.2) is 0 Å². The normalized spacial score (nSPS) is 11.8. The third-order valence-corrected chi connectivity index (χ3v) is 10.0. The summed E-state index contributed by atoms with van der Waals surface area (Å²) in [6.45, 7) is 0. The van der Waals surface area contributed by atoms with Gasteiger partial charge in [-0.1, -0.05) is 133 Å². The van der Waals surface area contributed by atoms with E-state index in [2.05, 4.69) is 187 Å². The van der Waals surface area contributed by atoms with E-state index in [9.17, 15) is 0 Å². The molecule has 1 aliphatic heterocycles. The molecule has 10 rings (SSSR count). The van der Waals surface area contributed by atoms with Crippen molar-refractivity contribution in [3.05, 3.63) is 188 Å². The molecule has 1 heterocycles. The molecule has 0 aromatic heterocycles. The topological polar surface area (TPSA) is 12.5 Å². The van der Waals surface area contributed by atoms with Gasteiger partial charge in [0.1, 0.15) is 11.5 Å². The Morgan fingerprint density at radius 3 is 1.86 bits per heavy atom.